The summed E-state index contributed by atoms with van der Waals surface area (Å²) in [7, 11) is 1.11. The van der Waals surface area contributed by atoms with Crippen LogP contribution in [0.2, 0.25) is 5.02 Å². The number of hydrogen-bond donors (Lipinski definition) is 0. The molecule has 0 unspecified atom stereocenters. The van der Waals surface area contributed by atoms with Crippen molar-refractivity contribution in [2.75, 3.05) is 7.11 Å². The number of rotatable bonds is 3. The minimum atomic E-state index is -0.869. The Balaban J connectivity index is 3.36. The van der Waals surface area contributed by atoms with Crippen molar-refractivity contribution >= 4 is 29.3 Å². The van der Waals surface area contributed by atoms with Gasteiger partial charge in [0.05, 0.1) is 17.6 Å². The predicted octanol–water partition coefficient (Wildman–Crippen LogP) is 2.33. The fraction of sp³-hybridized carbons (Fsp3) is 0.0909. The normalized spacial score (nSPS) is 10.6. The number of ether oxygens (including phenoxy) is 1. The fourth-order valence-electron chi connectivity index (χ4n) is 1.21. The molecule has 0 heterocycles. The fourth-order valence-corrected chi connectivity index (χ4v) is 1.39. The molecule has 0 atom stereocenters. The standard InChI is InChI=1S/C11H7ClN2O4/c1-18-11(15)8(6-13)4-7-5-9(12)2-3-10(7)14(16)17/h2-5H,1H3. The summed E-state index contributed by atoms with van der Waals surface area (Å²) in [5.41, 5.74) is -0.534. The molecule has 1 rings (SSSR count). The van der Waals surface area contributed by atoms with Gasteiger partial charge in [-0.15, -0.1) is 0 Å². The van der Waals surface area contributed by atoms with Gasteiger partial charge in [0.1, 0.15) is 11.6 Å². The number of halogens is 1. The minimum Gasteiger partial charge on any atom is -0.465 e. The van der Waals surface area contributed by atoms with E-state index in [1.54, 1.807) is 6.07 Å². The molecule has 0 amide bonds. The van der Waals surface area contributed by atoms with Crippen LogP contribution in [0.1, 0.15) is 5.56 Å². The van der Waals surface area contributed by atoms with Gasteiger partial charge in [0.25, 0.3) is 5.69 Å². The third-order valence-corrected chi connectivity index (χ3v) is 2.25. The highest BCUT2D eigenvalue weighted by Gasteiger charge is 2.16. The summed E-state index contributed by atoms with van der Waals surface area (Å²) >= 11 is 5.71. The third-order valence-electron chi connectivity index (χ3n) is 2.01. The molecule has 6 nitrogen and oxygen atoms in total. The number of carbonyl (C=O) groups excluding carboxylic acids is 1. The number of hydrogen-bond acceptors (Lipinski definition) is 5. The van der Waals surface area contributed by atoms with E-state index in [0.29, 0.717) is 0 Å². The van der Waals surface area contributed by atoms with Gasteiger partial charge in [-0.3, -0.25) is 10.1 Å². The average Bonchev–Trinajstić information content (AvgIpc) is 2.34. The van der Waals surface area contributed by atoms with E-state index in [0.717, 1.165) is 13.2 Å². The summed E-state index contributed by atoms with van der Waals surface area (Å²) in [4.78, 5) is 21.3. The van der Waals surface area contributed by atoms with Crippen LogP contribution in [0.5, 0.6) is 0 Å². The Hall–Kier alpha value is -2.39. The summed E-state index contributed by atoms with van der Waals surface area (Å²) in [6.45, 7) is 0. The number of nitriles is 1. The SMILES string of the molecule is COC(=O)C(C#N)=Cc1cc(Cl)ccc1[N+](=O)[O-]. The largest absolute Gasteiger partial charge is 0.465 e. The lowest BCUT2D eigenvalue weighted by Crippen LogP contribution is -2.03. The van der Waals surface area contributed by atoms with Crippen LogP contribution in [0.25, 0.3) is 6.08 Å². The molecule has 0 fully saturated rings. The first-order valence-electron chi connectivity index (χ1n) is 4.63. The second-order valence-electron chi connectivity index (χ2n) is 3.12. The van der Waals surface area contributed by atoms with Crippen molar-refractivity contribution in [2.24, 2.45) is 0 Å². The summed E-state index contributed by atoms with van der Waals surface area (Å²) in [5, 5.41) is 19.8. The van der Waals surface area contributed by atoms with Gasteiger partial charge in [-0.1, -0.05) is 11.6 Å². The highest BCUT2D eigenvalue weighted by atomic mass is 35.5. The topological polar surface area (TPSA) is 93.2 Å². The molecule has 0 N–H and O–H groups in total. The van der Waals surface area contributed by atoms with E-state index >= 15 is 0 Å². The van der Waals surface area contributed by atoms with E-state index < -0.39 is 10.9 Å². The number of carbonyl (C=O) groups is 1. The Labute approximate surface area is 107 Å². The van der Waals surface area contributed by atoms with Crippen LogP contribution in [-0.2, 0) is 9.53 Å². The van der Waals surface area contributed by atoms with Crippen LogP contribution >= 0.6 is 11.6 Å². The lowest BCUT2D eigenvalue weighted by atomic mass is 10.1. The van der Waals surface area contributed by atoms with Crippen LogP contribution in [-0.4, -0.2) is 18.0 Å². The van der Waals surface area contributed by atoms with Crippen molar-refractivity contribution in [3.05, 3.63) is 44.5 Å². The molecule has 0 saturated heterocycles. The van der Waals surface area contributed by atoms with Gasteiger partial charge in [-0.25, -0.2) is 4.79 Å². The predicted molar refractivity (Wildman–Crippen MR) is 63.7 cm³/mol. The lowest BCUT2D eigenvalue weighted by molar-refractivity contribution is -0.385. The zero-order valence-electron chi connectivity index (χ0n) is 9.21. The maximum absolute atomic E-state index is 11.2. The molecule has 0 spiro atoms. The molecule has 0 saturated carbocycles. The van der Waals surface area contributed by atoms with Gasteiger partial charge in [0.2, 0.25) is 0 Å². The van der Waals surface area contributed by atoms with Crippen molar-refractivity contribution in [3.63, 3.8) is 0 Å². The van der Waals surface area contributed by atoms with E-state index in [2.05, 4.69) is 4.74 Å². The summed E-state index contributed by atoms with van der Waals surface area (Å²) in [6.07, 6.45) is 1.07. The highest BCUT2D eigenvalue weighted by molar-refractivity contribution is 6.30. The van der Waals surface area contributed by atoms with Gasteiger partial charge < -0.3 is 4.74 Å². The zero-order chi connectivity index (χ0) is 13.7. The van der Waals surface area contributed by atoms with Gasteiger partial charge >= 0.3 is 5.97 Å². The molecule has 0 aliphatic heterocycles. The Morgan fingerprint density at radius 1 is 1.61 bits per heavy atom. The van der Waals surface area contributed by atoms with Crippen LogP contribution in [0, 0.1) is 21.4 Å². The summed E-state index contributed by atoms with van der Waals surface area (Å²) in [5.74, 6) is -0.869. The molecule has 1 aromatic rings. The second kappa shape index (κ2) is 5.80. The molecule has 0 aromatic heterocycles. The molecular formula is C11H7ClN2O4. The molecule has 0 bridgehead atoms. The summed E-state index contributed by atoms with van der Waals surface area (Å²) < 4.78 is 4.37. The van der Waals surface area contributed by atoms with Gasteiger partial charge in [0, 0.05) is 11.1 Å². The first kappa shape index (κ1) is 13.7. The maximum atomic E-state index is 11.2. The Kier molecular flexibility index (Phi) is 4.40. The Morgan fingerprint density at radius 2 is 2.28 bits per heavy atom. The maximum Gasteiger partial charge on any atom is 0.348 e. The molecule has 18 heavy (non-hydrogen) atoms. The summed E-state index contributed by atoms with van der Waals surface area (Å²) in [6, 6.07) is 5.44. The molecule has 7 heteroatoms. The monoisotopic (exact) mass is 266 g/mol. The van der Waals surface area contributed by atoms with Crippen LogP contribution in [0.15, 0.2) is 23.8 Å². The van der Waals surface area contributed by atoms with E-state index in [1.165, 1.54) is 18.2 Å². The van der Waals surface area contributed by atoms with E-state index in [-0.39, 0.29) is 21.8 Å². The van der Waals surface area contributed by atoms with Crippen molar-refractivity contribution < 1.29 is 14.5 Å². The van der Waals surface area contributed by atoms with Gasteiger partial charge in [-0.2, -0.15) is 5.26 Å². The number of nitro groups is 1. The molecular weight excluding hydrogens is 260 g/mol. The van der Waals surface area contributed by atoms with E-state index in [9.17, 15) is 14.9 Å². The number of benzene rings is 1. The Morgan fingerprint density at radius 3 is 2.78 bits per heavy atom. The first-order chi connectivity index (χ1) is 8.49. The quantitative estimate of drug-likeness (QED) is 0.275. The van der Waals surface area contributed by atoms with E-state index in [1.807, 2.05) is 0 Å². The van der Waals surface area contributed by atoms with Crippen molar-refractivity contribution in [1.82, 2.24) is 0 Å². The van der Waals surface area contributed by atoms with Crippen molar-refractivity contribution in [2.45, 2.75) is 0 Å². The third kappa shape index (κ3) is 3.06. The molecule has 1 aromatic carbocycles. The number of nitro benzene ring substituents is 1. The zero-order valence-corrected chi connectivity index (χ0v) is 9.97. The minimum absolute atomic E-state index is 0.0643. The van der Waals surface area contributed by atoms with Crippen LogP contribution in [0.4, 0.5) is 5.69 Å². The average molecular weight is 267 g/mol. The first-order valence-corrected chi connectivity index (χ1v) is 5.01. The van der Waals surface area contributed by atoms with Gasteiger partial charge in [0.15, 0.2) is 0 Å². The second-order valence-corrected chi connectivity index (χ2v) is 3.56. The highest BCUT2D eigenvalue weighted by Crippen LogP contribution is 2.25. The van der Waals surface area contributed by atoms with Crippen molar-refractivity contribution in [1.29, 1.82) is 5.26 Å². The Bertz CT molecular complexity index is 575. The number of methoxy groups -OCH3 is 1. The van der Waals surface area contributed by atoms with Crippen LogP contribution in [0.3, 0.4) is 0 Å². The van der Waals surface area contributed by atoms with Gasteiger partial charge in [-0.05, 0) is 18.2 Å². The smallest absolute Gasteiger partial charge is 0.348 e. The molecule has 0 radical (unpaired) electrons. The lowest BCUT2D eigenvalue weighted by Gasteiger charge is -2.00. The van der Waals surface area contributed by atoms with E-state index in [4.69, 9.17) is 16.9 Å². The molecule has 92 valence electrons. The van der Waals surface area contributed by atoms with Crippen molar-refractivity contribution in [3.8, 4) is 6.07 Å². The number of nitrogens with zero attached hydrogens (tertiary/aromatic N) is 2. The number of esters is 1. The van der Waals surface area contributed by atoms with Crippen LogP contribution < -0.4 is 0 Å². The molecule has 0 aliphatic carbocycles. The molecule has 0 aliphatic rings.